The molecule has 0 aromatic carbocycles. The second-order valence-electron chi connectivity index (χ2n) is 6.47. The van der Waals surface area contributed by atoms with Gasteiger partial charge in [-0.2, -0.15) is 0 Å². The van der Waals surface area contributed by atoms with Gasteiger partial charge in [0.05, 0.1) is 17.0 Å². The van der Waals surface area contributed by atoms with E-state index in [1.165, 1.54) is 5.69 Å². The zero-order valence-corrected chi connectivity index (χ0v) is 13.1. The van der Waals surface area contributed by atoms with Crippen molar-refractivity contribution in [1.29, 1.82) is 0 Å². The highest BCUT2D eigenvalue weighted by Gasteiger charge is 2.29. The molecule has 1 saturated carbocycles. The second kappa shape index (κ2) is 5.05. The fourth-order valence-electron chi connectivity index (χ4n) is 3.11. The summed E-state index contributed by atoms with van der Waals surface area (Å²) in [6.07, 6.45) is 5.10. The molecule has 0 atom stereocenters. The maximum Gasteiger partial charge on any atom is 0.255 e. The highest BCUT2D eigenvalue weighted by molar-refractivity contribution is 5.23. The Labute approximate surface area is 129 Å². The van der Waals surface area contributed by atoms with Crippen molar-refractivity contribution < 1.29 is 0 Å². The Morgan fingerprint density at radius 1 is 1.41 bits per heavy atom. The van der Waals surface area contributed by atoms with Gasteiger partial charge in [-0.05, 0) is 19.8 Å². The van der Waals surface area contributed by atoms with Gasteiger partial charge in [0, 0.05) is 45.2 Å². The van der Waals surface area contributed by atoms with Crippen molar-refractivity contribution >= 4 is 0 Å². The molecule has 1 N–H and O–H groups in total. The van der Waals surface area contributed by atoms with E-state index in [1.807, 2.05) is 20.2 Å². The molecule has 0 bridgehead atoms. The summed E-state index contributed by atoms with van der Waals surface area (Å²) in [5.41, 5.74) is 3.08. The molecule has 1 aliphatic carbocycles. The Bertz CT molecular complexity index is 771. The molecule has 0 amide bonds. The molecule has 0 unspecified atom stereocenters. The first-order valence-electron chi connectivity index (χ1n) is 7.93. The molecule has 116 valence electrons. The smallest absolute Gasteiger partial charge is 0.255 e. The van der Waals surface area contributed by atoms with Gasteiger partial charge >= 0.3 is 0 Å². The van der Waals surface area contributed by atoms with Crippen molar-refractivity contribution in [2.45, 2.75) is 45.2 Å². The summed E-state index contributed by atoms with van der Waals surface area (Å²) in [4.78, 5) is 26.7. The summed E-state index contributed by atoms with van der Waals surface area (Å²) in [5.74, 6) is 2.41. The van der Waals surface area contributed by atoms with Crippen molar-refractivity contribution in [2.75, 3.05) is 6.54 Å². The van der Waals surface area contributed by atoms with Crippen molar-refractivity contribution in [3.63, 3.8) is 0 Å². The number of nitrogens with one attached hydrogen (secondary N) is 1. The number of hydrogen-bond donors (Lipinski definition) is 1. The Kier molecular flexibility index (Phi) is 3.14. The average molecular weight is 299 g/mol. The molecule has 1 aliphatic heterocycles. The van der Waals surface area contributed by atoms with Gasteiger partial charge in [-0.3, -0.25) is 9.69 Å². The standard InChI is InChI=1S/C16H21N5O/c1-10-17-7-12(20(10)2)8-21-6-5-14-13(9-21)16(22)19-15(18-14)11-3-4-11/h7,11H,3-6,8-9H2,1-2H3,(H,18,19,22). The number of H-pyrrole nitrogens is 1. The van der Waals surface area contributed by atoms with Crippen LogP contribution in [0.25, 0.3) is 0 Å². The molecule has 4 rings (SSSR count). The molecule has 6 nitrogen and oxygen atoms in total. The van der Waals surface area contributed by atoms with Crippen molar-refractivity contribution in [3.05, 3.63) is 45.2 Å². The number of aromatic nitrogens is 4. The fourth-order valence-corrected chi connectivity index (χ4v) is 3.11. The third kappa shape index (κ3) is 2.37. The SMILES string of the molecule is Cc1ncc(CN2CCc3nc(C4CC4)[nH]c(=O)c3C2)n1C. The van der Waals surface area contributed by atoms with Crippen LogP contribution in [0.4, 0.5) is 0 Å². The zero-order valence-electron chi connectivity index (χ0n) is 13.1. The number of fused-ring (bicyclic) bond motifs is 1. The lowest BCUT2D eigenvalue weighted by atomic mass is 10.1. The van der Waals surface area contributed by atoms with Crippen LogP contribution in [0.5, 0.6) is 0 Å². The van der Waals surface area contributed by atoms with Crippen LogP contribution < -0.4 is 5.56 Å². The number of hydrogen-bond acceptors (Lipinski definition) is 4. The van der Waals surface area contributed by atoms with E-state index in [4.69, 9.17) is 4.98 Å². The Balaban J connectivity index is 1.56. The minimum atomic E-state index is 0.0535. The maximum absolute atomic E-state index is 12.3. The molecular weight excluding hydrogens is 278 g/mol. The summed E-state index contributed by atoms with van der Waals surface area (Å²) in [5, 5.41) is 0. The van der Waals surface area contributed by atoms with E-state index >= 15 is 0 Å². The van der Waals surface area contributed by atoms with Crippen LogP contribution in [0.3, 0.4) is 0 Å². The lowest BCUT2D eigenvalue weighted by molar-refractivity contribution is 0.236. The van der Waals surface area contributed by atoms with Gasteiger partial charge in [-0.15, -0.1) is 0 Å². The van der Waals surface area contributed by atoms with Gasteiger partial charge < -0.3 is 9.55 Å². The highest BCUT2D eigenvalue weighted by atomic mass is 16.1. The van der Waals surface area contributed by atoms with E-state index in [9.17, 15) is 4.79 Å². The summed E-state index contributed by atoms with van der Waals surface area (Å²) < 4.78 is 2.11. The van der Waals surface area contributed by atoms with Crippen LogP contribution in [0, 0.1) is 6.92 Å². The number of rotatable bonds is 3. The van der Waals surface area contributed by atoms with Gasteiger partial charge in [0.25, 0.3) is 5.56 Å². The summed E-state index contributed by atoms with van der Waals surface area (Å²) in [6, 6.07) is 0. The van der Waals surface area contributed by atoms with E-state index in [-0.39, 0.29) is 5.56 Å². The van der Waals surface area contributed by atoms with Gasteiger partial charge in [-0.25, -0.2) is 9.97 Å². The first-order chi connectivity index (χ1) is 10.6. The molecule has 1 fully saturated rings. The monoisotopic (exact) mass is 299 g/mol. The Morgan fingerprint density at radius 3 is 2.91 bits per heavy atom. The molecule has 3 heterocycles. The van der Waals surface area contributed by atoms with Gasteiger partial charge in [0.2, 0.25) is 0 Å². The molecular formula is C16H21N5O. The average Bonchev–Trinajstić information content (AvgIpc) is 3.31. The lowest BCUT2D eigenvalue weighted by Gasteiger charge is -2.27. The van der Waals surface area contributed by atoms with E-state index < -0.39 is 0 Å². The molecule has 0 radical (unpaired) electrons. The first kappa shape index (κ1) is 13.7. The molecule has 2 aliphatic rings. The Morgan fingerprint density at radius 2 is 2.23 bits per heavy atom. The molecule has 22 heavy (non-hydrogen) atoms. The minimum Gasteiger partial charge on any atom is -0.334 e. The normalized spacial score (nSPS) is 18.5. The van der Waals surface area contributed by atoms with Crippen LogP contribution in [0.15, 0.2) is 11.0 Å². The largest absolute Gasteiger partial charge is 0.334 e. The predicted octanol–water partition coefficient (Wildman–Crippen LogP) is 1.25. The van der Waals surface area contributed by atoms with Gasteiger partial charge in [-0.1, -0.05) is 0 Å². The minimum absolute atomic E-state index is 0.0535. The first-order valence-corrected chi connectivity index (χ1v) is 7.93. The second-order valence-corrected chi connectivity index (χ2v) is 6.47. The molecule has 6 heteroatoms. The van der Waals surface area contributed by atoms with E-state index in [2.05, 4.69) is 19.4 Å². The van der Waals surface area contributed by atoms with Crippen LogP contribution in [-0.2, 0) is 26.6 Å². The van der Waals surface area contributed by atoms with Gasteiger partial charge in [0.15, 0.2) is 0 Å². The quantitative estimate of drug-likeness (QED) is 0.926. The topological polar surface area (TPSA) is 66.8 Å². The third-order valence-corrected chi connectivity index (χ3v) is 4.83. The van der Waals surface area contributed by atoms with Crippen LogP contribution in [0.2, 0.25) is 0 Å². The van der Waals surface area contributed by atoms with Crippen LogP contribution >= 0.6 is 0 Å². The van der Waals surface area contributed by atoms with Crippen LogP contribution in [0.1, 0.15) is 47.4 Å². The highest BCUT2D eigenvalue weighted by Crippen LogP contribution is 2.37. The number of aromatic amines is 1. The van der Waals surface area contributed by atoms with E-state index in [0.29, 0.717) is 12.5 Å². The molecule has 2 aromatic heterocycles. The fraction of sp³-hybridized carbons (Fsp3) is 0.562. The number of imidazole rings is 1. The van der Waals surface area contributed by atoms with Crippen molar-refractivity contribution in [2.24, 2.45) is 7.05 Å². The van der Waals surface area contributed by atoms with Crippen molar-refractivity contribution in [1.82, 2.24) is 24.4 Å². The predicted molar refractivity (Wildman–Crippen MR) is 82.6 cm³/mol. The van der Waals surface area contributed by atoms with E-state index in [1.54, 1.807) is 0 Å². The van der Waals surface area contributed by atoms with Crippen molar-refractivity contribution in [3.8, 4) is 0 Å². The van der Waals surface area contributed by atoms with Gasteiger partial charge in [0.1, 0.15) is 11.6 Å². The number of nitrogens with zero attached hydrogens (tertiary/aromatic N) is 4. The Hall–Kier alpha value is -1.95. The summed E-state index contributed by atoms with van der Waals surface area (Å²) in [6.45, 7) is 4.44. The molecule has 2 aromatic rings. The molecule has 0 spiro atoms. The summed E-state index contributed by atoms with van der Waals surface area (Å²) in [7, 11) is 2.03. The van der Waals surface area contributed by atoms with Crippen LogP contribution in [-0.4, -0.2) is 31.0 Å². The maximum atomic E-state index is 12.3. The molecule has 0 saturated heterocycles. The summed E-state index contributed by atoms with van der Waals surface area (Å²) >= 11 is 0. The van der Waals surface area contributed by atoms with E-state index in [0.717, 1.165) is 55.3 Å². The lowest BCUT2D eigenvalue weighted by Crippen LogP contribution is -2.36. The number of aryl methyl sites for hydroxylation is 1. The third-order valence-electron chi connectivity index (χ3n) is 4.83. The zero-order chi connectivity index (χ0) is 15.3.